The number of pyridine rings is 2. The largest absolute Gasteiger partial charge is 0.321 e. The van der Waals surface area contributed by atoms with Crippen LogP contribution < -0.4 is 16.2 Å². The predicted molar refractivity (Wildman–Crippen MR) is 130 cm³/mol. The molecule has 0 spiro atoms. The molecule has 2 aromatic heterocycles. The molecule has 1 fully saturated rings. The first-order valence-corrected chi connectivity index (χ1v) is 10.2. The molecule has 6 nitrogen and oxygen atoms in total. The first kappa shape index (κ1) is 25.1. The van der Waals surface area contributed by atoms with E-state index in [0.29, 0.717) is 34.3 Å². The van der Waals surface area contributed by atoms with Crippen LogP contribution in [0.5, 0.6) is 0 Å². The number of nitrogens with zero attached hydrogens (tertiary/aromatic N) is 2. The van der Waals surface area contributed by atoms with Gasteiger partial charge in [-0.15, -0.1) is 24.8 Å². The van der Waals surface area contributed by atoms with Gasteiger partial charge in [0.2, 0.25) is 0 Å². The fourth-order valence-electron chi connectivity index (χ4n) is 3.88. The topological polar surface area (TPSA) is 76.0 Å². The lowest BCUT2D eigenvalue weighted by molar-refractivity contribution is 0.102. The van der Waals surface area contributed by atoms with E-state index in [9.17, 15) is 9.59 Å². The molecule has 3 aromatic rings. The van der Waals surface area contributed by atoms with Crippen molar-refractivity contribution in [1.82, 2.24) is 14.9 Å². The summed E-state index contributed by atoms with van der Waals surface area (Å²) in [4.78, 5) is 30.4. The van der Waals surface area contributed by atoms with Crippen molar-refractivity contribution in [2.45, 2.75) is 26.3 Å². The lowest BCUT2D eigenvalue weighted by Gasteiger charge is -2.23. The number of hydrogen-bond donors (Lipinski definition) is 2. The molecular formula is C22H25Cl3N4O2. The molecule has 1 atom stereocenters. The Morgan fingerprint density at radius 1 is 1.29 bits per heavy atom. The van der Waals surface area contributed by atoms with Gasteiger partial charge in [0.05, 0.1) is 16.2 Å². The number of carbonyl (C=O) groups excluding carboxylic acids is 1. The number of benzene rings is 1. The SMILES string of the molecule is Cc1ccn(CC2CCCNC2)c(=O)c1C(=O)Nc1ccc(Cl)c2ncccc12.Cl.Cl. The van der Waals surface area contributed by atoms with Crippen LogP contribution in [-0.4, -0.2) is 28.5 Å². The number of aromatic nitrogens is 2. The van der Waals surface area contributed by atoms with Gasteiger partial charge in [0.15, 0.2) is 0 Å². The number of amides is 1. The number of piperidine rings is 1. The Morgan fingerprint density at radius 3 is 2.84 bits per heavy atom. The van der Waals surface area contributed by atoms with Crippen LogP contribution in [0.3, 0.4) is 0 Å². The van der Waals surface area contributed by atoms with Gasteiger partial charge in [0.25, 0.3) is 11.5 Å². The normalized spacial score (nSPS) is 15.6. The van der Waals surface area contributed by atoms with Crippen LogP contribution in [0.1, 0.15) is 28.8 Å². The van der Waals surface area contributed by atoms with Crippen molar-refractivity contribution in [3.05, 3.63) is 69.2 Å². The summed E-state index contributed by atoms with van der Waals surface area (Å²) >= 11 is 6.21. The lowest BCUT2D eigenvalue weighted by atomic mass is 9.99. The highest BCUT2D eigenvalue weighted by molar-refractivity contribution is 6.35. The van der Waals surface area contributed by atoms with E-state index in [1.165, 1.54) is 0 Å². The number of nitrogens with one attached hydrogen (secondary N) is 2. The van der Waals surface area contributed by atoms with Gasteiger partial charge in [0.1, 0.15) is 5.56 Å². The molecule has 0 radical (unpaired) electrons. The Labute approximate surface area is 198 Å². The van der Waals surface area contributed by atoms with E-state index in [4.69, 9.17) is 11.6 Å². The number of fused-ring (bicyclic) bond motifs is 1. The van der Waals surface area contributed by atoms with Crippen molar-refractivity contribution < 1.29 is 4.79 Å². The van der Waals surface area contributed by atoms with Crippen LogP contribution in [0.15, 0.2) is 47.5 Å². The van der Waals surface area contributed by atoms with Gasteiger partial charge in [-0.2, -0.15) is 0 Å². The van der Waals surface area contributed by atoms with E-state index in [1.54, 1.807) is 42.1 Å². The minimum atomic E-state index is -0.420. The van der Waals surface area contributed by atoms with E-state index in [0.717, 1.165) is 31.3 Å². The second kappa shape index (κ2) is 11.0. The number of rotatable bonds is 4. The lowest BCUT2D eigenvalue weighted by Crippen LogP contribution is -2.36. The van der Waals surface area contributed by atoms with Crippen LogP contribution in [0, 0.1) is 12.8 Å². The van der Waals surface area contributed by atoms with Gasteiger partial charge >= 0.3 is 0 Å². The zero-order valence-electron chi connectivity index (χ0n) is 17.1. The molecule has 4 rings (SSSR count). The van der Waals surface area contributed by atoms with Crippen molar-refractivity contribution in [2.24, 2.45) is 5.92 Å². The highest BCUT2D eigenvalue weighted by atomic mass is 35.5. The molecule has 0 aliphatic carbocycles. The molecule has 1 unspecified atom stereocenters. The highest BCUT2D eigenvalue weighted by Crippen LogP contribution is 2.28. The van der Waals surface area contributed by atoms with E-state index < -0.39 is 5.91 Å². The Morgan fingerprint density at radius 2 is 2.10 bits per heavy atom. The molecule has 0 bridgehead atoms. The Bertz CT molecular complexity index is 1130. The van der Waals surface area contributed by atoms with Gasteiger partial charge in [-0.25, -0.2) is 0 Å². The monoisotopic (exact) mass is 482 g/mol. The molecule has 3 heterocycles. The van der Waals surface area contributed by atoms with Crippen LogP contribution >= 0.6 is 36.4 Å². The second-order valence-corrected chi connectivity index (χ2v) is 7.90. The summed E-state index contributed by atoms with van der Waals surface area (Å²) in [5.41, 5.74) is 1.75. The molecule has 9 heteroatoms. The summed E-state index contributed by atoms with van der Waals surface area (Å²) in [6.07, 6.45) is 5.62. The summed E-state index contributed by atoms with van der Waals surface area (Å²) in [6.45, 7) is 4.31. The quantitative estimate of drug-likeness (QED) is 0.575. The van der Waals surface area contributed by atoms with Crippen LogP contribution in [0.25, 0.3) is 10.9 Å². The fraction of sp³-hybridized carbons (Fsp3) is 0.318. The maximum absolute atomic E-state index is 13.1. The predicted octanol–water partition coefficient (Wildman–Crippen LogP) is 4.45. The van der Waals surface area contributed by atoms with E-state index >= 15 is 0 Å². The summed E-state index contributed by atoms with van der Waals surface area (Å²) in [7, 11) is 0. The Kier molecular flexibility index (Phi) is 8.89. The van der Waals surface area contributed by atoms with Crippen molar-refractivity contribution in [2.75, 3.05) is 18.4 Å². The second-order valence-electron chi connectivity index (χ2n) is 7.49. The summed E-state index contributed by atoms with van der Waals surface area (Å²) < 4.78 is 1.65. The Balaban J connectivity index is 0.00000171. The fourth-order valence-corrected chi connectivity index (χ4v) is 4.09. The van der Waals surface area contributed by atoms with Crippen LogP contribution in [-0.2, 0) is 6.54 Å². The van der Waals surface area contributed by atoms with Gasteiger partial charge in [0, 0.05) is 24.3 Å². The average molecular weight is 484 g/mol. The zero-order chi connectivity index (χ0) is 20.4. The standard InChI is InChI=1S/C22H23ClN4O2.2ClH/c1-14-8-11-27(13-15-4-2-9-24-12-15)22(29)19(14)21(28)26-18-7-6-17(23)20-16(18)5-3-10-25-20;;/h3,5-8,10-11,15,24H,2,4,9,12-13H2,1H3,(H,26,28);2*1H. The molecule has 0 saturated carbocycles. The third kappa shape index (κ3) is 5.39. The maximum Gasteiger partial charge on any atom is 0.263 e. The number of carbonyl (C=O) groups is 1. The number of aryl methyl sites for hydroxylation is 1. The maximum atomic E-state index is 13.1. The van der Waals surface area contributed by atoms with Crippen LogP contribution in [0.4, 0.5) is 5.69 Å². The van der Waals surface area contributed by atoms with Gasteiger partial charge in [-0.05, 0) is 74.7 Å². The summed E-state index contributed by atoms with van der Waals surface area (Å²) in [5.74, 6) is -0.0255. The molecule has 1 aromatic carbocycles. The number of anilines is 1. The van der Waals surface area contributed by atoms with Crippen molar-refractivity contribution >= 4 is 58.9 Å². The first-order chi connectivity index (χ1) is 14.0. The summed E-state index contributed by atoms with van der Waals surface area (Å²) in [6, 6.07) is 8.88. The molecule has 1 saturated heterocycles. The third-order valence-corrected chi connectivity index (χ3v) is 5.73. The van der Waals surface area contributed by atoms with Crippen molar-refractivity contribution in [3.63, 3.8) is 0 Å². The highest BCUT2D eigenvalue weighted by Gasteiger charge is 2.20. The number of halogens is 3. The van der Waals surface area contributed by atoms with Crippen LogP contribution in [0.2, 0.25) is 5.02 Å². The molecule has 31 heavy (non-hydrogen) atoms. The molecule has 1 aliphatic rings. The Hall–Kier alpha value is -2.12. The van der Waals surface area contributed by atoms with E-state index in [2.05, 4.69) is 15.6 Å². The zero-order valence-corrected chi connectivity index (χ0v) is 19.4. The molecular weight excluding hydrogens is 459 g/mol. The number of hydrogen-bond acceptors (Lipinski definition) is 4. The smallest absolute Gasteiger partial charge is 0.263 e. The van der Waals surface area contributed by atoms with Gasteiger partial charge in [-0.3, -0.25) is 14.6 Å². The average Bonchev–Trinajstić information content (AvgIpc) is 2.73. The molecule has 2 N–H and O–H groups in total. The van der Waals surface area contributed by atoms with Crippen molar-refractivity contribution in [3.8, 4) is 0 Å². The minimum absolute atomic E-state index is 0. The molecule has 1 aliphatic heterocycles. The molecule has 1 amide bonds. The first-order valence-electron chi connectivity index (χ1n) is 9.80. The third-order valence-electron chi connectivity index (χ3n) is 5.42. The van der Waals surface area contributed by atoms with E-state index in [1.807, 2.05) is 12.1 Å². The van der Waals surface area contributed by atoms with Gasteiger partial charge in [-0.1, -0.05) is 11.6 Å². The molecule has 166 valence electrons. The van der Waals surface area contributed by atoms with E-state index in [-0.39, 0.29) is 35.9 Å². The van der Waals surface area contributed by atoms with Crippen molar-refractivity contribution in [1.29, 1.82) is 0 Å². The summed E-state index contributed by atoms with van der Waals surface area (Å²) in [5, 5.41) is 7.49. The minimum Gasteiger partial charge on any atom is -0.321 e. The van der Waals surface area contributed by atoms with Gasteiger partial charge < -0.3 is 15.2 Å².